The van der Waals surface area contributed by atoms with Crippen LogP contribution in [-0.2, 0) is 6.54 Å². The first-order valence-electron chi connectivity index (χ1n) is 7.64. The van der Waals surface area contributed by atoms with Crippen molar-refractivity contribution in [3.05, 3.63) is 66.1 Å². The van der Waals surface area contributed by atoms with Crippen LogP contribution in [0.2, 0.25) is 5.02 Å². The van der Waals surface area contributed by atoms with Gasteiger partial charge in [0.05, 0.1) is 5.02 Å². The molecule has 0 bridgehead atoms. The molecule has 2 rings (SSSR count). The van der Waals surface area contributed by atoms with Crippen molar-refractivity contribution in [3.8, 4) is 5.88 Å². The van der Waals surface area contributed by atoms with Gasteiger partial charge in [-0.2, -0.15) is 0 Å². The van der Waals surface area contributed by atoms with Crippen LogP contribution in [0.3, 0.4) is 0 Å². The Hall–Kier alpha value is -1.91. The molecule has 5 heteroatoms. The highest BCUT2D eigenvalue weighted by molar-refractivity contribution is 6.30. The second-order valence-electron chi connectivity index (χ2n) is 5.48. The normalized spacial score (nSPS) is 12.1. The van der Waals surface area contributed by atoms with Crippen LogP contribution in [0.25, 0.3) is 0 Å². The Kier molecular flexibility index (Phi) is 7.04. The third kappa shape index (κ3) is 6.38. The van der Waals surface area contributed by atoms with Gasteiger partial charge in [0.25, 0.3) is 0 Å². The van der Waals surface area contributed by atoms with Gasteiger partial charge in [-0.05, 0) is 37.6 Å². The molecule has 0 saturated carbocycles. The number of allylic oxidation sites excluding steroid dienone is 1. The van der Waals surface area contributed by atoms with E-state index >= 15 is 0 Å². The van der Waals surface area contributed by atoms with Crippen molar-refractivity contribution in [2.75, 3.05) is 13.6 Å². The number of aromatic nitrogens is 2. The molecule has 0 aliphatic rings. The van der Waals surface area contributed by atoms with Gasteiger partial charge in [-0.1, -0.05) is 23.7 Å². The molecule has 23 heavy (non-hydrogen) atoms. The van der Waals surface area contributed by atoms with Gasteiger partial charge >= 0.3 is 0 Å². The molecule has 0 radical (unpaired) electrons. The van der Waals surface area contributed by atoms with E-state index in [0.717, 1.165) is 25.9 Å². The lowest BCUT2D eigenvalue weighted by atomic mass is 10.1. The predicted molar refractivity (Wildman–Crippen MR) is 93.7 cm³/mol. The number of hydrogen-bond donors (Lipinski definition) is 0. The van der Waals surface area contributed by atoms with Gasteiger partial charge in [-0.3, -0.25) is 9.88 Å². The van der Waals surface area contributed by atoms with Crippen molar-refractivity contribution in [2.24, 2.45) is 0 Å². The Morgan fingerprint density at radius 2 is 2.22 bits per heavy atom. The highest BCUT2D eigenvalue weighted by Gasteiger charge is 2.14. The Bertz CT molecular complexity index is 589. The molecule has 1 atom stereocenters. The van der Waals surface area contributed by atoms with Gasteiger partial charge < -0.3 is 4.74 Å². The van der Waals surface area contributed by atoms with Crippen LogP contribution in [0.15, 0.2) is 55.5 Å². The predicted octanol–water partition coefficient (Wildman–Crippen LogP) is 3.98. The number of hydrogen-bond acceptors (Lipinski definition) is 4. The summed E-state index contributed by atoms with van der Waals surface area (Å²) in [5.74, 6) is 0.596. The van der Waals surface area contributed by atoms with Gasteiger partial charge in [0.2, 0.25) is 5.88 Å². The molecule has 0 aliphatic heterocycles. The van der Waals surface area contributed by atoms with Gasteiger partial charge in [0, 0.05) is 37.7 Å². The van der Waals surface area contributed by atoms with Crippen LogP contribution in [0.4, 0.5) is 0 Å². The van der Waals surface area contributed by atoms with E-state index < -0.39 is 0 Å². The van der Waals surface area contributed by atoms with Crippen molar-refractivity contribution >= 4 is 11.6 Å². The third-order valence-electron chi connectivity index (χ3n) is 3.37. The van der Waals surface area contributed by atoms with Crippen molar-refractivity contribution in [1.82, 2.24) is 14.9 Å². The fourth-order valence-corrected chi connectivity index (χ4v) is 2.42. The number of rotatable bonds is 9. The minimum atomic E-state index is 0.0448. The summed E-state index contributed by atoms with van der Waals surface area (Å²) < 4.78 is 6.01. The van der Waals surface area contributed by atoms with Gasteiger partial charge in [-0.25, -0.2) is 4.98 Å². The number of likely N-dealkylation sites (N-methyl/N-ethyl adjacent to an activating group) is 1. The molecule has 0 fully saturated rings. The fraction of sp³-hybridized carbons (Fsp3) is 0.333. The van der Waals surface area contributed by atoms with Gasteiger partial charge in [-0.15, -0.1) is 6.58 Å². The van der Waals surface area contributed by atoms with Crippen LogP contribution in [-0.4, -0.2) is 34.6 Å². The monoisotopic (exact) mass is 331 g/mol. The van der Waals surface area contributed by atoms with E-state index in [2.05, 4.69) is 34.6 Å². The molecule has 122 valence electrons. The molecule has 2 aromatic heterocycles. The molecular formula is C18H22ClN3O. The number of ether oxygens (including phenoxy) is 1. The van der Waals surface area contributed by atoms with E-state index in [0.29, 0.717) is 10.9 Å². The minimum Gasteiger partial charge on any atom is -0.473 e. The Morgan fingerprint density at radius 3 is 2.87 bits per heavy atom. The van der Waals surface area contributed by atoms with Crippen LogP contribution >= 0.6 is 11.6 Å². The summed E-state index contributed by atoms with van der Waals surface area (Å²) in [7, 11) is 2.08. The lowest BCUT2D eigenvalue weighted by Crippen LogP contribution is -2.33. The van der Waals surface area contributed by atoms with Gasteiger partial charge in [0.15, 0.2) is 0 Å². The zero-order chi connectivity index (χ0) is 16.5. The van der Waals surface area contributed by atoms with Crippen molar-refractivity contribution < 1.29 is 4.74 Å². The average molecular weight is 332 g/mol. The molecule has 2 aromatic rings. The molecule has 0 unspecified atom stereocenters. The zero-order valence-electron chi connectivity index (χ0n) is 13.4. The van der Waals surface area contributed by atoms with E-state index in [4.69, 9.17) is 16.3 Å². The molecule has 0 amide bonds. The number of halogens is 1. The maximum atomic E-state index is 6.01. The Balaban J connectivity index is 1.94. The van der Waals surface area contributed by atoms with E-state index in [9.17, 15) is 0 Å². The summed E-state index contributed by atoms with van der Waals surface area (Å²) in [6.45, 7) is 5.42. The average Bonchev–Trinajstić information content (AvgIpc) is 2.55. The highest BCUT2D eigenvalue weighted by atomic mass is 35.5. The maximum absolute atomic E-state index is 6.01. The smallest absolute Gasteiger partial charge is 0.213 e. The first-order chi connectivity index (χ1) is 11.2. The standard InChI is InChI=1S/C18H22ClN3O/c1-3-4-7-17(23-18-9-8-16(19)12-21-18)14-22(2)13-15-6-5-10-20-11-15/h3,5-6,8-12,17H,1,4,7,13-14H2,2H3/t17-/m0/s1. The molecule has 0 aromatic carbocycles. The molecule has 0 N–H and O–H groups in total. The zero-order valence-corrected chi connectivity index (χ0v) is 14.1. The maximum Gasteiger partial charge on any atom is 0.213 e. The lowest BCUT2D eigenvalue weighted by Gasteiger charge is -2.24. The van der Waals surface area contributed by atoms with Crippen LogP contribution in [0, 0.1) is 0 Å². The van der Waals surface area contributed by atoms with Crippen LogP contribution in [0.1, 0.15) is 18.4 Å². The van der Waals surface area contributed by atoms with Gasteiger partial charge in [0.1, 0.15) is 6.10 Å². The largest absolute Gasteiger partial charge is 0.473 e. The summed E-state index contributed by atoms with van der Waals surface area (Å²) >= 11 is 5.86. The van der Waals surface area contributed by atoms with E-state index in [-0.39, 0.29) is 6.10 Å². The SMILES string of the molecule is C=CCC[C@@H](CN(C)Cc1cccnc1)Oc1ccc(Cl)cn1. The van der Waals surface area contributed by atoms with Crippen LogP contribution < -0.4 is 4.74 Å². The van der Waals surface area contributed by atoms with Crippen molar-refractivity contribution in [3.63, 3.8) is 0 Å². The summed E-state index contributed by atoms with van der Waals surface area (Å²) in [6, 6.07) is 7.61. The lowest BCUT2D eigenvalue weighted by molar-refractivity contribution is 0.132. The van der Waals surface area contributed by atoms with E-state index in [1.165, 1.54) is 5.56 Å². The van der Waals surface area contributed by atoms with Crippen molar-refractivity contribution in [1.29, 1.82) is 0 Å². The summed E-state index contributed by atoms with van der Waals surface area (Å²) in [4.78, 5) is 10.6. The second kappa shape index (κ2) is 9.28. The first kappa shape index (κ1) is 17.4. The Morgan fingerprint density at radius 1 is 1.35 bits per heavy atom. The van der Waals surface area contributed by atoms with Crippen molar-refractivity contribution in [2.45, 2.75) is 25.5 Å². The summed E-state index contributed by atoms with van der Waals surface area (Å²) in [6.07, 6.45) is 9.02. The minimum absolute atomic E-state index is 0.0448. The first-order valence-corrected chi connectivity index (χ1v) is 8.01. The highest BCUT2D eigenvalue weighted by Crippen LogP contribution is 2.16. The molecule has 0 saturated heterocycles. The third-order valence-corrected chi connectivity index (χ3v) is 3.59. The fourth-order valence-electron chi connectivity index (χ4n) is 2.31. The molecule has 0 aliphatic carbocycles. The quantitative estimate of drug-likeness (QED) is 0.651. The molecule has 0 spiro atoms. The topological polar surface area (TPSA) is 38.2 Å². The summed E-state index contributed by atoms with van der Waals surface area (Å²) in [5, 5.41) is 0.605. The molecule has 4 nitrogen and oxygen atoms in total. The van der Waals surface area contributed by atoms with Crippen LogP contribution in [0.5, 0.6) is 5.88 Å². The Labute approximate surface area is 142 Å². The number of pyridine rings is 2. The van der Waals surface area contributed by atoms with E-state index in [1.807, 2.05) is 18.3 Å². The number of nitrogens with zero attached hydrogens (tertiary/aromatic N) is 3. The molecule has 2 heterocycles. The summed E-state index contributed by atoms with van der Waals surface area (Å²) in [5.41, 5.74) is 1.18. The second-order valence-corrected chi connectivity index (χ2v) is 5.91. The van der Waals surface area contributed by atoms with E-state index in [1.54, 1.807) is 24.5 Å². The molecular weight excluding hydrogens is 310 g/mol.